The third-order valence-corrected chi connectivity index (χ3v) is 4.65. The standard InChI is InChI=1S/C12H22O14S/c13-1-3-5(15)6(16)10(26-27(20,21)22)12(24-3)25-9-4(2-14)23-11(19)8(18)7(9)17/h3-19H,1-2H2,(H,20,21,22)/t3-,4-,5+,6+,7-,8-,9-,10-,11-,12-/m1/s1. The maximum absolute atomic E-state index is 11.0. The Labute approximate surface area is 153 Å². The van der Waals surface area contributed by atoms with E-state index < -0.39 is 85.0 Å². The van der Waals surface area contributed by atoms with Crippen LogP contribution in [-0.2, 0) is 28.8 Å². The van der Waals surface area contributed by atoms with Crippen molar-refractivity contribution in [2.45, 2.75) is 61.4 Å². The van der Waals surface area contributed by atoms with Crippen molar-refractivity contribution in [2.75, 3.05) is 13.2 Å². The smallest absolute Gasteiger partial charge is 0.394 e. The van der Waals surface area contributed by atoms with Crippen LogP contribution in [0.15, 0.2) is 0 Å². The number of ether oxygens (including phenoxy) is 3. The Kier molecular flexibility index (Phi) is 7.47. The molecule has 15 heteroatoms. The third-order valence-electron chi connectivity index (χ3n) is 4.19. The Morgan fingerprint density at radius 1 is 0.778 bits per heavy atom. The first-order chi connectivity index (χ1) is 12.5. The molecule has 27 heavy (non-hydrogen) atoms. The first-order valence-electron chi connectivity index (χ1n) is 7.74. The van der Waals surface area contributed by atoms with Gasteiger partial charge in [-0.05, 0) is 0 Å². The van der Waals surface area contributed by atoms with Crippen LogP contribution in [0.5, 0.6) is 0 Å². The van der Waals surface area contributed by atoms with Crippen LogP contribution in [0, 0.1) is 0 Å². The lowest BCUT2D eigenvalue weighted by molar-refractivity contribution is -0.352. The van der Waals surface area contributed by atoms with Gasteiger partial charge in [-0.2, -0.15) is 8.42 Å². The van der Waals surface area contributed by atoms with Gasteiger partial charge in [0.25, 0.3) is 0 Å². The molecule has 2 rings (SSSR count). The molecule has 0 spiro atoms. The van der Waals surface area contributed by atoms with Crippen molar-refractivity contribution in [3.8, 4) is 0 Å². The zero-order valence-corrected chi connectivity index (χ0v) is 14.4. The normalized spacial score (nSPS) is 46.4. The van der Waals surface area contributed by atoms with Crippen molar-refractivity contribution in [3.05, 3.63) is 0 Å². The van der Waals surface area contributed by atoms with Gasteiger partial charge >= 0.3 is 10.4 Å². The average molecular weight is 422 g/mol. The summed E-state index contributed by atoms with van der Waals surface area (Å²) in [5.41, 5.74) is 0. The Morgan fingerprint density at radius 2 is 1.33 bits per heavy atom. The van der Waals surface area contributed by atoms with E-state index in [9.17, 15) is 44.2 Å². The summed E-state index contributed by atoms with van der Waals surface area (Å²) in [6.07, 6.45) is -17.9. The van der Waals surface area contributed by atoms with Crippen LogP contribution in [0.3, 0.4) is 0 Å². The minimum atomic E-state index is -5.16. The number of hydrogen-bond donors (Lipinski definition) is 8. The molecule has 10 atom stereocenters. The zero-order chi connectivity index (χ0) is 20.5. The maximum atomic E-state index is 11.0. The molecule has 2 fully saturated rings. The molecule has 0 amide bonds. The molecule has 2 saturated heterocycles. The van der Waals surface area contributed by atoms with Gasteiger partial charge in [0.15, 0.2) is 18.7 Å². The number of hydrogen-bond acceptors (Lipinski definition) is 13. The quantitative estimate of drug-likeness (QED) is 0.186. The Balaban J connectivity index is 2.27. The SMILES string of the molecule is O=S(=O)(O)O[C@H]1[C@@H](O[C@H]2[C@H](O)[C@@H](O)[C@H](O)O[C@@H]2CO)O[C@H](CO)[C@H](O)[C@@H]1O. The second kappa shape index (κ2) is 8.87. The average Bonchev–Trinajstić information content (AvgIpc) is 2.60. The highest BCUT2D eigenvalue weighted by Gasteiger charge is 2.52. The maximum Gasteiger partial charge on any atom is 0.397 e. The lowest BCUT2D eigenvalue weighted by Gasteiger charge is -2.45. The minimum absolute atomic E-state index is 0.809. The van der Waals surface area contributed by atoms with Crippen molar-refractivity contribution in [2.24, 2.45) is 0 Å². The number of aliphatic hydroxyl groups excluding tert-OH is 7. The molecule has 0 saturated carbocycles. The lowest BCUT2D eigenvalue weighted by Crippen LogP contribution is -2.65. The predicted molar refractivity (Wildman–Crippen MR) is 79.0 cm³/mol. The molecule has 160 valence electrons. The molecule has 0 unspecified atom stereocenters. The Morgan fingerprint density at radius 3 is 1.85 bits per heavy atom. The van der Waals surface area contributed by atoms with Gasteiger partial charge in [-0.25, -0.2) is 4.18 Å². The van der Waals surface area contributed by atoms with Gasteiger partial charge in [0, 0.05) is 0 Å². The fourth-order valence-electron chi connectivity index (χ4n) is 2.80. The summed E-state index contributed by atoms with van der Waals surface area (Å²) < 4.78 is 50.4. The fourth-order valence-corrected chi connectivity index (χ4v) is 3.28. The first kappa shape index (κ1) is 22.8. The van der Waals surface area contributed by atoms with E-state index in [0.717, 1.165) is 0 Å². The van der Waals surface area contributed by atoms with Crippen molar-refractivity contribution in [3.63, 3.8) is 0 Å². The molecule has 8 N–H and O–H groups in total. The van der Waals surface area contributed by atoms with Gasteiger partial charge in [0.1, 0.15) is 42.7 Å². The molecule has 0 aliphatic carbocycles. The number of rotatable bonds is 6. The van der Waals surface area contributed by atoms with Gasteiger partial charge < -0.3 is 50.0 Å². The third kappa shape index (κ3) is 5.10. The second-order valence-corrected chi connectivity index (χ2v) is 7.07. The van der Waals surface area contributed by atoms with Gasteiger partial charge in [-0.3, -0.25) is 4.55 Å². The number of aliphatic hydroxyl groups is 7. The van der Waals surface area contributed by atoms with Crippen molar-refractivity contribution in [1.29, 1.82) is 0 Å². The summed E-state index contributed by atoms with van der Waals surface area (Å²) in [5, 5.41) is 67.6. The fraction of sp³-hybridized carbons (Fsp3) is 1.00. The van der Waals surface area contributed by atoms with E-state index in [1.54, 1.807) is 0 Å². The molecule has 0 aromatic carbocycles. The zero-order valence-electron chi connectivity index (χ0n) is 13.6. The molecule has 0 radical (unpaired) electrons. The van der Waals surface area contributed by atoms with E-state index >= 15 is 0 Å². The second-order valence-electron chi connectivity index (χ2n) is 6.02. The predicted octanol–water partition coefficient (Wildman–Crippen LogP) is -5.57. The van der Waals surface area contributed by atoms with Gasteiger partial charge in [0.2, 0.25) is 0 Å². The molecular formula is C12H22O14S. The summed E-state index contributed by atoms with van der Waals surface area (Å²) in [5.74, 6) is 0. The molecule has 14 nitrogen and oxygen atoms in total. The highest BCUT2D eigenvalue weighted by atomic mass is 32.3. The lowest BCUT2D eigenvalue weighted by atomic mass is 9.97. The topological polar surface area (TPSA) is 233 Å². The first-order valence-corrected chi connectivity index (χ1v) is 9.10. The van der Waals surface area contributed by atoms with E-state index in [0.29, 0.717) is 0 Å². The monoisotopic (exact) mass is 422 g/mol. The largest absolute Gasteiger partial charge is 0.397 e. The van der Waals surface area contributed by atoms with E-state index in [-0.39, 0.29) is 0 Å². The molecular weight excluding hydrogens is 400 g/mol. The molecule has 2 aliphatic rings. The van der Waals surface area contributed by atoms with E-state index in [1.807, 2.05) is 0 Å². The summed E-state index contributed by atoms with van der Waals surface area (Å²) in [7, 11) is -5.16. The Bertz CT molecular complexity index is 583. The van der Waals surface area contributed by atoms with Crippen molar-refractivity contribution < 1.29 is 67.1 Å². The van der Waals surface area contributed by atoms with Crippen LogP contribution >= 0.6 is 0 Å². The van der Waals surface area contributed by atoms with Crippen LogP contribution in [0.2, 0.25) is 0 Å². The summed E-state index contributed by atoms with van der Waals surface area (Å²) in [6.45, 7) is -1.64. The van der Waals surface area contributed by atoms with Crippen LogP contribution in [0.4, 0.5) is 0 Å². The molecule has 2 heterocycles. The van der Waals surface area contributed by atoms with E-state index in [1.165, 1.54) is 0 Å². The molecule has 0 aromatic rings. The molecule has 0 aromatic heterocycles. The van der Waals surface area contributed by atoms with Crippen molar-refractivity contribution in [1.82, 2.24) is 0 Å². The Hall–Kier alpha value is -0.530. The summed E-state index contributed by atoms with van der Waals surface area (Å²) in [6, 6.07) is 0. The highest BCUT2D eigenvalue weighted by molar-refractivity contribution is 7.80. The van der Waals surface area contributed by atoms with Gasteiger partial charge in [0.05, 0.1) is 13.2 Å². The van der Waals surface area contributed by atoms with Gasteiger partial charge in [-0.1, -0.05) is 0 Å². The van der Waals surface area contributed by atoms with Crippen LogP contribution < -0.4 is 0 Å². The summed E-state index contributed by atoms with van der Waals surface area (Å²) >= 11 is 0. The molecule has 0 bridgehead atoms. The van der Waals surface area contributed by atoms with E-state index in [2.05, 4.69) is 4.18 Å². The molecule has 2 aliphatic heterocycles. The van der Waals surface area contributed by atoms with Crippen LogP contribution in [-0.4, -0.2) is 123 Å². The summed E-state index contributed by atoms with van der Waals surface area (Å²) in [4.78, 5) is 0. The van der Waals surface area contributed by atoms with Gasteiger partial charge in [-0.15, -0.1) is 0 Å². The highest BCUT2D eigenvalue weighted by Crippen LogP contribution is 2.30. The van der Waals surface area contributed by atoms with Crippen molar-refractivity contribution >= 4 is 10.4 Å². The minimum Gasteiger partial charge on any atom is -0.394 e. The van der Waals surface area contributed by atoms with E-state index in [4.69, 9.17) is 18.8 Å². The van der Waals surface area contributed by atoms with Crippen LogP contribution in [0.25, 0.3) is 0 Å². The van der Waals surface area contributed by atoms with Crippen LogP contribution in [0.1, 0.15) is 0 Å².